The lowest BCUT2D eigenvalue weighted by atomic mass is 10.1. The molecule has 1 atom stereocenters. The van der Waals surface area contributed by atoms with Gasteiger partial charge >= 0.3 is 0 Å². The van der Waals surface area contributed by atoms with Gasteiger partial charge in [0, 0.05) is 21.7 Å². The van der Waals surface area contributed by atoms with Gasteiger partial charge in [-0.15, -0.1) is 0 Å². The molecule has 7 nitrogen and oxygen atoms in total. The number of rotatable bonds is 11. The fourth-order valence-electron chi connectivity index (χ4n) is 3.88. The number of anilines is 1. The summed E-state index contributed by atoms with van der Waals surface area (Å²) in [5, 5.41) is 3.24. The van der Waals surface area contributed by atoms with Crippen molar-refractivity contribution in [3.8, 4) is 0 Å². The second-order valence-corrected chi connectivity index (χ2v) is 11.7. The summed E-state index contributed by atoms with van der Waals surface area (Å²) in [6, 6.07) is 21.1. The van der Waals surface area contributed by atoms with Crippen LogP contribution in [0.25, 0.3) is 0 Å². The van der Waals surface area contributed by atoms with Crippen LogP contribution in [0, 0.1) is 3.57 Å². The average molecular weight is 654 g/mol. The highest BCUT2D eigenvalue weighted by atomic mass is 127. The van der Waals surface area contributed by atoms with Crippen molar-refractivity contribution in [1.82, 2.24) is 10.2 Å². The number of amides is 2. The molecule has 0 spiro atoms. The predicted octanol–water partition coefficient (Wildman–Crippen LogP) is 5.08. The minimum atomic E-state index is -4.08. The van der Waals surface area contributed by atoms with Crippen LogP contribution in [-0.4, -0.2) is 44.3 Å². The molecule has 0 aliphatic carbocycles. The minimum absolute atomic E-state index is 0.0556. The Kier molecular flexibility index (Phi) is 10.4. The van der Waals surface area contributed by atoms with E-state index in [-0.39, 0.29) is 17.3 Å². The summed E-state index contributed by atoms with van der Waals surface area (Å²) < 4.78 is 29.4. The van der Waals surface area contributed by atoms with E-state index in [9.17, 15) is 18.0 Å². The van der Waals surface area contributed by atoms with E-state index in [2.05, 4.69) is 27.9 Å². The number of nitrogens with one attached hydrogen (secondary N) is 1. The number of hydrogen-bond donors (Lipinski definition) is 1. The molecule has 0 unspecified atom stereocenters. The highest BCUT2D eigenvalue weighted by Gasteiger charge is 2.33. The summed E-state index contributed by atoms with van der Waals surface area (Å²) >= 11 is 8.52. The van der Waals surface area contributed by atoms with Crippen LogP contribution in [0.4, 0.5) is 5.69 Å². The Bertz CT molecular complexity index is 1320. The van der Waals surface area contributed by atoms with Gasteiger partial charge in [-0.05, 0) is 84.0 Å². The van der Waals surface area contributed by atoms with Gasteiger partial charge in [0.05, 0.1) is 10.6 Å². The zero-order valence-electron chi connectivity index (χ0n) is 20.6. The standard InChI is InChI=1S/C27H29ClIN3O4S/c1-3-25(27(34)30-4-2)31(18-20-10-8-9-13-24(20)28)26(33)19-32(22-16-14-21(29)15-17-22)37(35,36)23-11-6-5-7-12-23/h5-17,25H,3-4,18-19H2,1-2H3,(H,30,34)/t25-/m0/s1. The van der Waals surface area contributed by atoms with Gasteiger partial charge in [-0.3, -0.25) is 13.9 Å². The van der Waals surface area contributed by atoms with Crippen LogP contribution in [0.2, 0.25) is 5.02 Å². The minimum Gasteiger partial charge on any atom is -0.355 e. The number of likely N-dealkylation sites (N-methyl/N-ethyl adjacent to an activating group) is 1. The molecule has 10 heteroatoms. The summed E-state index contributed by atoms with van der Waals surface area (Å²) in [5.74, 6) is -0.826. The maximum Gasteiger partial charge on any atom is 0.264 e. The Hall–Kier alpha value is -2.63. The van der Waals surface area contributed by atoms with Crippen molar-refractivity contribution >= 4 is 61.7 Å². The van der Waals surface area contributed by atoms with Crippen LogP contribution >= 0.6 is 34.2 Å². The first kappa shape index (κ1) is 28.9. The predicted molar refractivity (Wildman–Crippen MR) is 155 cm³/mol. The maximum atomic E-state index is 13.9. The largest absolute Gasteiger partial charge is 0.355 e. The highest BCUT2D eigenvalue weighted by molar-refractivity contribution is 14.1. The molecule has 0 aliphatic heterocycles. The topological polar surface area (TPSA) is 86.8 Å². The molecule has 3 aromatic rings. The third kappa shape index (κ3) is 7.24. The average Bonchev–Trinajstić information content (AvgIpc) is 2.89. The van der Waals surface area contributed by atoms with Crippen molar-refractivity contribution < 1.29 is 18.0 Å². The van der Waals surface area contributed by atoms with Crippen LogP contribution in [0.3, 0.4) is 0 Å². The van der Waals surface area contributed by atoms with E-state index in [0.29, 0.717) is 29.2 Å². The molecule has 0 saturated heterocycles. The number of halogens is 2. The van der Waals surface area contributed by atoms with Crippen molar-refractivity contribution in [1.29, 1.82) is 0 Å². The van der Waals surface area contributed by atoms with Gasteiger partial charge in [-0.2, -0.15) is 0 Å². The van der Waals surface area contributed by atoms with E-state index in [0.717, 1.165) is 7.88 Å². The van der Waals surface area contributed by atoms with Crippen molar-refractivity contribution in [3.63, 3.8) is 0 Å². The van der Waals surface area contributed by atoms with Gasteiger partial charge < -0.3 is 10.2 Å². The van der Waals surface area contributed by atoms with Gasteiger partial charge in [0.1, 0.15) is 12.6 Å². The van der Waals surface area contributed by atoms with Crippen molar-refractivity contribution in [3.05, 3.63) is 93.0 Å². The van der Waals surface area contributed by atoms with Gasteiger partial charge in [0.2, 0.25) is 11.8 Å². The van der Waals surface area contributed by atoms with E-state index in [1.165, 1.54) is 17.0 Å². The maximum absolute atomic E-state index is 13.9. The molecule has 0 saturated carbocycles. The lowest BCUT2D eigenvalue weighted by molar-refractivity contribution is -0.140. The van der Waals surface area contributed by atoms with Gasteiger partial charge in [0.15, 0.2) is 0 Å². The lowest BCUT2D eigenvalue weighted by Crippen LogP contribution is -2.52. The summed E-state index contributed by atoms with van der Waals surface area (Å²) in [5.41, 5.74) is 1.01. The molecule has 196 valence electrons. The second kappa shape index (κ2) is 13.3. The zero-order valence-corrected chi connectivity index (χ0v) is 24.3. The number of hydrogen-bond acceptors (Lipinski definition) is 4. The molecule has 3 rings (SSSR count). The van der Waals surface area contributed by atoms with Crippen molar-refractivity contribution in [2.75, 3.05) is 17.4 Å². The summed E-state index contributed by atoms with van der Waals surface area (Å²) in [6.07, 6.45) is 0.344. The van der Waals surface area contributed by atoms with Crippen LogP contribution < -0.4 is 9.62 Å². The van der Waals surface area contributed by atoms with Crippen LogP contribution in [0.5, 0.6) is 0 Å². The van der Waals surface area contributed by atoms with Crippen LogP contribution in [0.1, 0.15) is 25.8 Å². The molecular formula is C27H29ClIN3O4S. The monoisotopic (exact) mass is 653 g/mol. The normalized spacial score (nSPS) is 12.0. The molecule has 0 bridgehead atoms. The Labute approximate surface area is 237 Å². The summed E-state index contributed by atoms with van der Waals surface area (Å²) in [4.78, 5) is 28.3. The first-order valence-corrected chi connectivity index (χ1v) is 14.7. The molecule has 2 amide bonds. The fourth-order valence-corrected chi connectivity index (χ4v) is 5.87. The van der Waals surface area contributed by atoms with Gasteiger partial charge in [-0.1, -0.05) is 54.9 Å². The number of benzene rings is 3. The molecule has 0 heterocycles. The Balaban J connectivity index is 2.05. The zero-order chi connectivity index (χ0) is 27.0. The first-order valence-electron chi connectivity index (χ1n) is 11.8. The molecule has 0 aromatic heterocycles. The molecule has 1 N–H and O–H groups in total. The third-order valence-electron chi connectivity index (χ3n) is 5.76. The molecule has 3 aromatic carbocycles. The Morgan fingerprint density at radius 1 is 0.946 bits per heavy atom. The molecule has 0 radical (unpaired) electrons. The fraction of sp³-hybridized carbons (Fsp3) is 0.259. The van der Waals surface area contributed by atoms with Gasteiger partial charge in [0.25, 0.3) is 10.0 Å². The van der Waals surface area contributed by atoms with E-state index in [4.69, 9.17) is 11.6 Å². The summed E-state index contributed by atoms with van der Waals surface area (Å²) in [6.45, 7) is 3.58. The Morgan fingerprint density at radius 2 is 1.57 bits per heavy atom. The van der Waals surface area contributed by atoms with E-state index in [1.807, 2.05) is 6.92 Å². The van der Waals surface area contributed by atoms with Crippen molar-refractivity contribution in [2.45, 2.75) is 37.8 Å². The molecule has 0 aliphatic rings. The number of nitrogens with zero attached hydrogens (tertiary/aromatic N) is 2. The van der Waals surface area contributed by atoms with Gasteiger partial charge in [-0.25, -0.2) is 8.42 Å². The smallest absolute Gasteiger partial charge is 0.264 e. The first-order chi connectivity index (χ1) is 17.7. The molecule has 0 fully saturated rings. The summed E-state index contributed by atoms with van der Waals surface area (Å²) in [7, 11) is -4.08. The number of sulfonamides is 1. The quantitative estimate of drug-likeness (QED) is 0.293. The second-order valence-electron chi connectivity index (χ2n) is 8.23. The van der Waals surface area contributed by atoms with E-state index in [1.54, 1.807) is 73.7 Å². The lowest BCUT2D eigenvalue weighted by Gasteiger charge is -2.33. The number of carbonyl (C=O) groups excluding carboxylic acids is 2. The third-order valence-corrected chi connectivity index (χ3v) is 8.64. The van der Waals surface area contributed by atoms with Crippen molar-refractivity contribution in [2.24, 2.45) is 0 Å². The molecule has 37 heavy (non-hydrogen) atoms. The highest BCUT2D eigenvalue weighted by Crippen LogP contribution is 2.26. The number of carbonyl (C=O) groups is 2. The van der Waals surface area contributed by atoms with E-state index >= 15 is 0 Å². The van der Waals surface area contributed by atoms with Crippen LogP contribution in [-0.2, 0) is 26.2 Å². The van der Waals surface area contributed by atoms with E-state index < -0.39 is 28.5 Å². The van der Waals surface area contributed by atoms with Crippen LogP contribution in [0.15, 0.2) is 83.8 Å². The molecular weight excluding hydrogens is 625 g/mol. The Morgan fingerprint density at radius 3 is 2.16 bits per heavy atom. The SMILES string of the molecule is CCNC(=O)[C@H](CC)N(Cc1ccccc1Cl)C(=O)CN(c1ccc(I)cc1)S(=O)(=O)c1ccccc1.